The third kappa shape index (κ3) is 2.79. The van der Waals surface area contributed by atoms with Gasteiger partial charge in [0, 0.05) is 12.5 Å². The van der Waals surface area contributed by atoms with Gasteiger partial charge in [0.15, 0.2) is 0 Å². The summed E-state index contributed by atoms with van der Waals surface area (Å²) in [7, 11) is 0. The molecule has 1 aliphatic carbocycles. The Kier molecular flexibility index (Phi) is 4.00. The van der Waals surface area contributed by atoms with Crippen LogP contribution in [0, 0.1) is 11.7 Å². The van der Waals surface area contributed by atoms with Gasteiger partial charge in [0.2, 0.25) is 5.91 Å². The Balaban J connectivity index is 1.56. The van der Waals surface area contributed by atoms with Gasteiger partial charge in [0.1, 0.15) is 11.6 Å². The van der Waals surface area contributed by atoms with Crippen LogP contribution < -0.4 is 0 Å². The highest BCUT2D eigenvalue weighted by Crippen LogP contribution is 2.35. The number of hydrogen-bond acceptors (Lipinski definition) is 3. The van der Waals surface area contributed by atoms with E-state index in [0.717, 1.165) is 43.6 Å². The number of amides is 1. The van der Waals surface area contributed by atoms with Gasteiger partial charge >= 0.3 is 0 Å². The van der Waals surface area contributed by atoms with Gasteiger partial charge in [-0.2, -0.15) is 0 Å². The van der Waals surface area contributed by atoms with Gasteiger partial charge < -0.3 is 15.0 Å². The fourth-order valence-corrected chi connectivity index (χ4v) is 4.03. The lowest BCUT2D eigenvalue weighted by atomic mass is 9.86. The molecule has 2 aromatic rings. The molecule has 2 N–H and O–H groups in total. The lowest BCUT2D eigenvalue weighted by molar-refractivity contribution is -0.138. The Morgan fingerprint density at radius 3 is 2.83 bits per heavy atom. The smallest absolute Gasteiger partial charge is 0.226 e. The number of hydrogen-bond donors (Lipinski definition) is 2. The molecule has 0 radical (unpaired) electrons. The molecule has 1 saturated carbocycles. The Bertz CT molecular complexity index is 752. The quantitative estimate of drug-likeness (QED) is 0.889. The summed E-state index contributed by atoms with van der Waals surface area (Å²) in [5.41, 5.74) is 1.40. The number of benzene rings is 1. The topological polar surface area (TPSA) is 69.2 Å². The van der Waals surface area contributed by atoms with Gasteiger partial charge in [-0.25, -0.2) is 9.37 Å². The number of imidazole rings is 1. The molecular formula is C18H22FN3O2. The van der Waals surface area contributed by atoms with Crippen LogP contribution in [0.4, 0.5) is 4.39 Å². The first-order chi connectivity index (χ1) is 11.6. The molecule has 1 aromatic heterocycles. The molecule has 2 heterocycles. The summed E-state index contributed by atoms with van der Waals surface area (Å²) in [6.07, 6.45) is 4.51. The molecule has 1 amide bonds. The van der Waals surface area contributed by atoms with Gasteiger partial charge in [-0.15, -0.1) is 0 Å². The van der Waals surface area contributed by atoms with Crippen molar-refractivity contribution in [3.63, 3.8) is 0 Å². The zero-order chi connectivity index (χ0) is 16.7. The summed E-state index contributed by atoms with van der Waals surface area (Å²) in [5, 5.41) is 9.64. The molecule has 0 unspecified atom stereocenters. The van der Waals surface area contributed by atoms with E-state index in [2.05, 4.69) is 9.97 Å². The summed E-state index contributed by atoms with van der Waals surface area (Å²) in [5.74, 6) is 0.641. The van der Waals surface area contributed by atoms with Gasteiger partial charge in [-0.1, -0.05) is 0 Å². The zero-order valence-corrected chi connectivity index (χ0v) is 13.5. The second kappa shape index (κ2) is 6.16. The van der Waals surface area contributed by atoms with Crippen molar-refractivity contribution in [2.45, 2.75) is 50.7 Å². The number of halogens is 1. The first kappa shape index (κ1) is 15.6. The van der Waals surface area contributed by atoms with E-state index in [1.807, 2.05) is 4.90 Å². The lowest BCUT2D eigenvalue weighted by Crippen LogP contribution is -2.38. The summed E-state index contributed by atoms with van der Waals surface area (Å²) in [4.78, 5) is 22.6. The highest BCUT2D eigenvalue weighted by Gasteiger charge is 2.36. The number of nitrogens with zero attached hydrogens (tertiary/aromatic N) is 2. The first-order valence-corrected chi connectivity index (χ1v) is 8.75. The fourth-order valence-electron chi connectivity index (χ4n) is 4.03. The van der Waals surface area contributed by atoms with E-state index < -0.39 is 0 Å². The molecular weight excluding hydrogens is 309 g/mol. The Labute approximate surface area is 139 Å². The predicted molar refractivity (Wildman–Crippen MR) is 87.7 cm³/mol. The number of H-pyrrole nitrogens is 1. The second-order valence-electron chi connectivity index (χ2n) is 6.98. The van der Waals surface area contributed by atoms with E-state index in [4.69, 9.17) is 0 Å². The van der Waals surface area contributed by atoms with Crippen molar-refractivity contribution in [1.29, 1.82) is 0 Å². The Hall–Kier alpha value is -1.95. The second-order valence-corrected chi connectivity index (χ2v) is 6.98. The molecule has 6 heteroatoms. The van der Waals surface area contributed by atoms with Gasteiger partial charge in [-0.05, 0) is 56.7 Å². The number of aliphatic hydroxyl groups is 1. The maximum atomic E-state index is 13.4. The van der Waals surface area contributed by atoms with Crippen molar-refractivity contribution in [2.75, 3.05) is 6.54 Å². The Morgan fingerprint density at radius 1 is 1.25 bits per heavy atom. The number of aromatic amines is 1. The number of aliphatic hydroxyl groups excluding tert-OH is 1. The number of aromatic nitrogens is 2. The molecule has 24 heavy (non-hydrogen) atoms. The van der Waals surface area contributed by atoms with Crippen LogP contribution in [0.15, 0.2) is 18.2 Å². The van der Waals surface area contributed by atoms with Crippen molar-refractivity contribution in [2.24, 2.45) is 5.92 Å². The fraction of sp³-hybridized carbons (Fsp3) is 0.556. The Morgan fingerprint density at radius 2 is 2.04 bits per heavy atom. The minimum absolute atomic E-state index is 0.0100. The molecule has 128 valence electrons. The standard InChI is InChI=1S/C18H22FN3O2/c19-12-5-8-14-15(10-12)21-17(20-14)16-2-1-9-22(16)18(24)11-3-6-13(23)7-4-11/h5,8,10-11,13,16,23H,1-4,6-7,9H2,(H,20,21)/t11?,13?,16-/m1/s1. The maximum Gasteiger partial charge on any atom is 0.226 e. The molecule has 1 atom stereocenters. The molecule has 1 aliphatic heterocycles. The average Bonchev–Trinajstić information content (AvgIpc) is 3.20. The number of nitrogens with one attached hydrogen (secondary N) is 1. The van der Waals surface area contributed by atoms with Crippen LogP contribution in [0.2, 0.25) is 0 Å². The predicted octanol–water partition coefficient (Wildman–Crippen LogP) is 2.92. The number of carbonyl (C=O) groups excluding carboxylic acids is 1. The van der Waals surface area contributed by atoms with Crippen LogP contribution in [0.3, 0.4) is 0 Å². The molecule has 4 rings (SSSR count). The molecule has 0 bridgehead atoms. The minimum atomic E-state index is -0.294. The van der Waals surface area contributed by atoms with E-state index in [0.29, 0.717) is 18.4 Å². The van der Waals surface area contributed by atoms with Gasteiger partial charge in [-0.3, -0.25) is 4.79 Å². The highest BCUT2D eigenvalue weighted by atomic mass is 19.1. The monoisotopic (exact) mass is 331 g/mol. The SMILES string of the molecule is O=C(C1CCC(O)CC1)N1CCC[C@@H]1c1nc2ccc(F)cc2[nH]1. The van der Waals surface area contributed by atoms with Crippen molar-refractivity contribution in [3.8, 4) is 0 Å². The third-order valence-electron chi connectivity index (χ3n) is 5.36. The number of likely N-dealkylation sites (tertiary alicyclic amines) is 1. The van der Waals surface area contributed by atoms with E-state index >= 15 is 0 Å². The van der Waals surface area contributed by atoms with Crippen LogP contribution in [-0.2, 0) is 4.79 Å². The lowest BCUT2D eigenvalue weighted by Gasteiger charge is -2.31. The molecule has 5 nitrogen and oxygen atoms in total. The minimum Gasteiger partial charge on any atom is -0.393 e. The molecule has 1 saturated heterocycles. The van der Waals surface area contributed by atoms with Gasteiger partial charge in [0.25, 0.3) is 0 Å². The van der Waals surface area contributed by atoms with Crippen molar-refractivity contribution >= 4 is 16.9 Å². The zero-order valence-electron chi connectivity index (χ0n) is 13.5. The summed E-state index contributed by atoms with van der Waals surface area (Å²) in [6.45, 7) is 0.744. The molecule has 0 spiro atoms. The summed E-state index contributed by atoms with van der Waals surface area (Å²) in [6, 6.07) is 4.45. The largest absolute Gasteiger partial charge is 0.393 e. The number of fused-ring (bicyclic) bond motifs is 1. The van der Waals surface area contributed by atoms with Crippen molar-refractivity contribution in [1.82, 2.24) is 14.9 Å². The van der Waals surface area contributed by atoms with E-state index in [1.165, 1.54) is 12.1 Å². The highest BCUT2D eigenvalue weighted by molar-refractivity contribution is 5.80. The van der Waals surface area contributed by atoms with Crippen molar-refractivity contribution in [3.05, 3.63) is 29.8 Å². The van der Waals surface area contributed by atoms with Gasteiger partial charge in [0.05, 0.1) is 23.2 Å². The van der Waals surface area contributed by atoms with E-state index in [1.54, 1.807) is 6.07 Å². The molecule has 2 fully saturated rings. The third-order valence-corrected chi connectivity index (χ3v) is 5.36. The van der Waals surface area contributed by atoms with Crippen LogP contribution in [-0.4, -0.2) is 38.5 Å². The number of rotatable bonds is 2. The average molecular weight is 331 g/mol. The maximum absolute atomic E-state index is 13.4. The van der Waals surface area contributed by atoms with Crippen LogP contribution in [0.25, 0.3) is 11.0 Å². The van der Waals surface area contributed by atoms with Crippen molar-refractivity contribution < 1.29 is 14.3 Å². The molecule has 2 aliphatic rings. The van der Waals surface area contributed by atoms with E-state index in [9.17, 15) is 14.3 Å². The van der Waals surface area contributed by atoms with E-state index in [-0.39, 0.29) is 29.8 Å². The van der Waals surface area contributed by atoms with Crippen LogP contribution in [0.5, 0.6) is 0 Å². The summed E-state index contributed by atoms with van der Waals surface area (Å²) < 4.78 is 13.4. The number of carbonyl (C=O) groups is 1. The first-order valence-electron chi connectivity index (χ1n) is 8.75. The summed E-state index contributed by atoms with van der Waals surface area (Å²) >= 11 is 0. The normalized spacial score (nSPS) is 27.8. The van der Waals surface area contributed by atoms with Crippen LogP contribution >= 0.6 is 0 Å². The van der Waals surface area contributed by atoms with Crippen LogP contribution in [0.1, 0.15) is 50.4 Å². The molecule has 1 aromatic carbocycles.